The van der Waals surface area contributed by atoms with Crippen molar-refractivity contribution in [3.63, 3.8) is 0 Å². The standard InChI is InChI=1S/C47H94O4/c1-3-5-7-9-11-13-15-17-19-21-23-24-25-26-28-30-32-34-36-38-40-42-47(49)51-46(44-48)45-50-43-41-39-37-35-33-31-29-27-22-20-18-16-14-12-10-8-6-4-2/h46,48H,3-45H2,1-2H3. The van der Waals surface area contributed by atoms with E-state index in [1.807, 2.05) is 0 Å². The number of aliphatic hydroxyl groups is 1. The molecule has 0 fully saturated rings. The molecule has 0 aromatic rings. The van der Waals surface area contributed by atoms with Crippen molar-refractivity contribution in [2.24, 2.45) is 0 Å². The molecule has 1 unspecified atom stereocenters. The lowest BCUT2D eigenvalue weighted by Crippen LogP contribution is -2.27. The van der Waals surface area contributed by atoms with Crippen LogP contribution >= 0.6 is 0 Å². The smallest absolute Gasteiger partial charge is 0.306 e. The summed E-state index contributed by atoms with van der Waals surface area (Å²) in [6.45, 7) is 5.42. The fourth-order valence-electron chi connectivity index (χ4n) is 7.39. The van der Waals surface area contributed by atoms with Gasteiger partial charge in [0, 0.05) is 13.0 Å². The molecular formula is C47H94O4. The summed E-state index contributed by atoms with van der Waals surface area (Å²) in [6.07, 6.45) is 53.2. The van der Waals surface area contributed by atoms with Crippen molar-refractivity contribution in [1.82, 2.24) is 0 Å². The second kappa shape index (κ2) is 45.5. The Labute approximate surface area is 321 Å². The van der Waals surface area contributed by atoms with Crippen LogP contribution in [-0.4, -0.2) is 37.0 Å². The molecule has 0 saturated heterocycles. The molecular weight excluding hydrogens is 629 g/mol. The molecule has 0 bridgehead atoms. The van der Waals surface area contributed by atoms with Gasteiger partial charge in [0.05, 0.1) is 13.2 Å². The van der Waals surface area contributed by atoms with Crippen LogP contribution in [0.2, 0.25) is 0 Å². The van der Waals surface area contributed by atoms with Gasteiger partial charge in [-0.05, 0) is 12.8 Å². The predicted molar refractivity (Wildman–Crippen MR) is 224 cm³/mol. The van der Waals surface area contributed by atoms with Gasteiger partial charge in [0.2, 0.25) is 0 Å². The summed E-state index contributed by atoms with van der Waals surface area (Å²) in [5.74, 6) is -0.191. The van der Waals surface area contributed by atoms with Gasteiger partial charge < -0.3 is 14.6 Å². The highest BCUT2D eigenvalue weighted by Gasteiger charge is 2.13. The lowest BCUT2D eigenvalue weighted by molar-refractivity contribution is -0.154. The van der Waals surface area contributed by atoms with Crippen LogP contribution in [0.3, 0.4) is 0 Å². The number of rotatable bonds is 45. The number of unbranched alkanes of at least 4 members (excludes halogenated alkanes) is 37. The average molecular weight is 723 g/mol. The Balaban J connectivity index is 3.33. The van der Waals surface area contributed by atoms with Gasteiger partial charge in [0.25, 0.3) is 0 Å². The highest BCUT2D eigenvalue weighted by Crippen LogP contribution is 2.17. The number of aliphatic hydroxyl groups excluding tert-OH is 1. The van der Waals surface area contributed by atoms with Crippen LogP contribution in [0.4, 0.5) is 0 Å². The van der Waals surface area contributed by atoms with Gasteiger partial charge in [-0.15, -0.1) is 0 Å². The summed E-state index contributed by atoms with van der Waals surface area (Å²) in [5, 5.41) is 9.62. The van der Waals surface area contributed by atoms with Gasteiger partial charge >= 0.3 is 5.97 Å². The quantitative estimate of drug-likeness (QED) is 0.0502. The van der Waals surface area contributed by atoms with Crippen LogP contribution in [0.5, 0.6) is 0 Å². The summed E-state index contributed by atoms with van der Waals surface area (Å²) in [7, 11) is 0. The molecule has 1 atom stereocenters. The Morgan fingerprint density at radius 2 is 0.647 bits per heavy atom. The topological polar surface area (TPSA) is 55.8 Å². The third-order valence-corrected chi connectivity index (χ3v) is 10.9. The second-order valence-corrected chi connectivity index (χ2v) is 16.2. The summed E-state index contributed by atoms with van der Waals surface area (Å²) < 4.78 is 11.2. The van der Waals surface area contributed by atoms with Crippen molar-refractivity contribution in [3.05, 3.63) is 0 Å². The maximum Gasteiger partial charge on any atom is 0.306 e. The lowest BCUT2D eigenvalue weighted by Gasteiger charge is -2.16. The first-order valence-corrected chi connectivity index (χ1v) is 23.6. The summed E-state index contributed by atoms with van der Waals surface area (Å²) in [6, 6.07) is 0. The van der Waals surface area contributed by atoms with Gasteiger partial charge in [-0.3, -0.25) is 4.79 Å². The van der Waals surface area contributed by atoms with E-state index in [0.29, 0.717) is 19.6 Å². The third kappa shape index (κ3) is 43.7. The van der Waals surface area contributed by atoms with E-state index >= 15 is 0 Å². The molecule has 0 aromatic heterocycles. The molecule has 0 rings (SSSR count). The number of hydrogen-bond acceptors (Lipinski definition) is 4. The number of esters is 1. The zero-order chi connectivity index (χ0) is 37.0. The molecule has 0 aliphatic rings. The molecule has 0 aromatic carbocycles. The van der Waals surface area contributed by atoms with E-state index < -0.39 is 6.10 Å². The first kappa shape index (κ1) is 50.4. The molecule has 4 heteroatoms. The van der Waals surface area contributed by atoms with Crippen molar-refractivity contribution >= 4 is 5.97 Å². The van der Waals surface area contributed by atoms with Crippen molar-refractivity contribution in [2.45, 2.75) is 277 Å². The van der Waals surface area contributed by atoms with E-state index in [4.69, 9.17) is 9.47 Å². The minimum Gasteiger partial charge on any atom is -0.457 e. The SMILES string of the molecule is CCCCCCCCCCCCCCCCCCCCCCCC(=O)OC(CO)COCCCCCCCCCCCCCCCCCCCC. The molecule has 0 aliphatic carbocycles. The maximum absolute atomic E-state index is 12.2. The maximum atomic E-state index is 12.2. The van der Waals surface area contributed by atoms with Crippen LogP contribution in [0.1, 0.15) is 271 Å². The predicted octanol–water partition coefficient (Wildman–Crippen LogP) is 15.6. The molecule has 0 spiro atoms. The molecule has 0 aliphatic heterocycles. The van der Waals surface area contributed by atoms with E-state index in [1.165, 1.54) is 231 Å². The van der Waals surface area contributed by atoms with Gasteiger partial charge in [-0.25, -0.2) is 0 Å². The fraction of sp³-hybridized carbons (Fsp3) is 0.979. The molecule has 0 radical (unpaired) electrons. The van der Waals surface area contributed by atoms with Gasteiger partial charge in [0.15, 0.2) is 0 Å². The zero-order valence-electron chi connectivity index (χ0n) is 35.2. The second-order valence-electron chi connectivity index (χ2n) is 16.2. The van der Waals surface area contributed by atoms with Crippen molar-refractivity contribution in [3.8, 4) is 0 Å². The first-order valence-electron chi connectivity index (χ1n) is 23.6. The molecule has 51 heavy (non-hydrogen) atoms. The normalized spacial score (nSPS) is 12.1. The van der Waals surface area contributed by atoms with E-state index in [1.54, 1.807) is 0 Å². The van der Waals surface area contributed by atoms with Crippen LogP contribution in [0.25, 0.3) is 0 Å². The lowest BCUT2D eigenvalue weighted by atomic mass is 10.0. The van der Waals surface area contributed by atoms with E-state index in [9.17, 15) is 9.90 Å². The molecule has 0 saturated carbocycles. The van der Waals surface area contributed by atoms with E-state index in [-0.39, 0.29) is 12.6 Å². The summed E-state index contributed by atoms with van der Waals surface area (Å²) in [5.41, 5.74) is 0. The Kier molecular flexibility index (Phi) is 45.0. The van der Waals surface area contributed by atoms with Crippen LogP contribution in [0.15, 0.2) is 0 Å². The molecule has 0 amide bonds. The van der Waals surface area contributed by atoms with Gasteiger partial charge in [-0.2, -0.15) is 0 Å². The summed E-state index contributed by atoms with van der Waals surface area (Å²) >= 11 is 0. The average Bonchev–Trinajstić information content (AvgIpc) is 3.14. The minimum absolute atomic E-state index is 0.163. The van der Waals surface area contributed by atoms with Crippen LogP contribution < -0.4 is 0 Å². The van der Waals surface area contributed by atoms with Crippen LogP contribution in [0, 0.1) is 0 Å². The zero-order valence-corrected chi connectivity index (χ0v) is 35.2. The Bertz CT molecular complexity index is 638. The number of carbonyl (C=O) groups excluding carboxylic acids is 1. The third-order valence-electron chi connectivity index (χ3n) is 10.9. The Morgan fingerprint density at radius 1 is 0.392 bits per heavy atom. The van der Waals surface area contributed by atoms with E-state index in [0.717, 1.165) is 19.3 Å². The molecule has 0 heterocycles. The van der Waals surface area contributed by atoms with Crippen molar-refractivity contribution in [1.29, 1.82) is 0 Å². The molecule has 306 valence electrons. The van der Waals surface area contributed by atoms with Gasteiger partial charge in [0.1, 0.15) is 6.10 Å². The number of hydrogen-bond donors (Lipinski definition) is 1. The summed E-state index contributed by atoms with van der Waals surface area (Å²) in [4.78, 5) is 12.2. The highest BCUT2D eigenvalue weighted by molar-refractivity contribution is 5.69. The highest BCUT2D eigenvalue weighted by atomic mass is 16.6. The van der Waals surface area contributed by atoms with Crippen LogP contribution in [-0.2, 0) is 14.3 Å². The fourth-order valence-corrected chi connectivity index (χ4v) is 7.39. The van der Waals surface area contributed by atoms with E-state index in [2.05, 4.69) is 13.8 Å². The minimum atomic E-state index is -0.525. The molecule has 4 nitrogen and oxygen atoms in total. The molecule has 1 N–H and O–H groups in total. The van der Waals surface area contributed by atoms with Crippen molar-refractivity contribution in [2.75, 3.05) is 19.8 Å². The monoisotopic (exact) mass is 723 g/mol. The largest absolute Gasteiger partial charge is 0.457 e. The Morgan fingerprint density at radius 3 is 0.922 bits per heavy atom. The Hall–Kier alpha value is -0.610. The van der Waals surface area contributed by atoms with Gasteiger partial charge in [-0.1, -0.05) is 251 Å². The number of carbonyl (C=O) groups is 1. The number of ether oxygens (including phenoxy) is 2. The first-order chi connectivity index (χ1) is 25.2. The van der Waals surface area contributed by atoms with Crippen molar-refractivity contribution < 1.29 is 19.4 Å².